The van der Waals surface area contributed by atoms with Crippen LogP contribution in [0.2, 0.25) is 0 Å². The zero-order valence-corrected chi connectivity index (χ0v) is 8.11. The lowest BCUT2D eigenvalue weighted by Gasteiger charge is -1.97. The molecular weight excluding hydrogens is 236 g/mol. The Balaban J connectivity index is 3.20. The van der Waals surface area contributed by atoms with E-state index in [1.807, 2.05) is 0 Å². The van der Waals surface area contributed by atoms with Gasteiger partial charge in [-0.25, -0.2) is 6.57 Å². The van der Waals surface area contributed by atoms with E-state index >= 15 is 0 Å². The second-order valence-electron chi connectivity index (χ2n) is 2.32. The average Bonchev–Trinajstić information content (AvgIpc) is 2.08. The minimum atomic E-state index is -0.475. The van der Waals surface area contributed by atoms with Crippen molar-refractivity contribution in [3.63, 3.8) is 0 Å². The summed E-state index contributed by atoms with van der Waals surface area (Å²) >= 11 is 3.10. The number of hydrogen-bond acceptors (Lipinski definition) is 2. The summed E-state index contributed by atoms with van der Waals surface area (Å²) in [5.41, 5.74) is 0.644. The Morgan fingerprint density at radius 3 is 2.85 bits per heavy atom. The monoisotopic (exact) mass is 240 g/mol. The van der Waals surface area contributed by atoms with Crippen molar-refractivity contribution in [2.45, 2.75) is 6.54 Å². The number of halogens is 1. The van der Waals surface area contributed by atoms with Crippen molar-refractivity contribution >= 4 is 21.6 Å². The van der Waals surface area contributed by atoms with Crippen LogP contribution in [0.15, 0.2) is 22.7 Å². The fourth-order valence-corrected chi connectivity index (χ4v) is 1.45. The van der Waals surface area contributed by atoms with Gasteiger partial charge in [-0.15, -0.1) is 0 Å². The SMILES string of the molecule is [C-]#[N+]Cc1cccc([N+](=O)[O-])c1Br. The van der Waals surface area contributed by atoms with Gasteiger partial charge in [0.2, 0.25) is 6.54 Å². The van der Waals surface area contributed by atoms with E-state index in [0.717, 1.165) is 0 Å². The van der Waals surface area contributed by atoms with Gasteiger partial charge in [0.05, 0.1) is 10.5 Å². The number of nitro groups is 1. The molecule has 0 aliphatic heterocycles. The zero-order valence-electron chi connectivity index (χ0n) is 6.53. The van der Waals surface area contributed by atoms with Crippen LogP contribution in [0.3, 0.4) is 0 Å². The Bertz CT molecular complexity index is 384. The maximum atomic E-state index is 10.5. The molecule has 0 bridgehead atoms. The van der Waals surface area contributed by atoms with Crippen LogP contribution in [0.25, 0.3) is 4.85 Å². The van der Waals surface area contributed by atoms with E-state index < -0.39 is 4.92 Å². The third-order valence-electron chi connectivity index (χ3n) is 1.50. The lowest BCUT2D eigenvalue weighted by atomic mass is 10.2. The minimum absolute atomic E-state index is 0.00106. The van der Waals surface area contributed by atoms with Gasteiger partial charge in [0.1, 0.15) is 4.47 Å². The summed E-state index contributed by atoms with van der Waals surface area (Å²) in [5, 5.41) is 10.5. The molecule has 0 atom stereocenters. The van der Waals surface area contributed by atoms with E-state index in [9.17, 15) is 10.1 Å². The van der Waals surface area contributed by atoms with Crippen molar-refractivity contribution in [1.82, 2.24) is 0 Å². The third kappa shape index (κ3) is 2.04. The Morgan fingerprint density at radius 2 is 2.31 bits per heavy atom. The van der Waals surface area contributed by atoms with Crippen LogP contribution < -0.4 is 0 Å². The van der Waals surface area contributed by atoms with Crippen LogP contribution in [0.5, 0.6) is 0 Å². The van der Waals surface area contributed by atoms with Gasteiger partial charge in [-0.1, -0.05) is 6.07 Å². The molecule has 5 heteroatoms. The smallest absolute Gasteiger partial charge is 0.284 e. The first kappa shape index (κ1) is 9.68. The van der Waals surface area contributed by atoms with Crippen LogP contribution in [-0.4, -0.2) is 4.92 Å². The van der Waals surface area contributed by atoms with Gasteiger partial charge in [-0.2, -0.15) is 0 Å². The summed E-state index contributed by atoms with van der Waals surface area (Å²) < 4.78 is 0.399. The molecule has 0 saturated heterocycles. The van der Waals surface area contributed by atoms with Crippen molar-refractivity contribution in [2.75, 3.05) is 0 Å². The molecule has 1 rings (SSSR count). The topological polar surface area (TPSA) is 47.5 Å². The second-order valence-corrected chi connectivity index (χ2v) is 3.12. The first-order valence-corrected chi connectivity index (χ1v) is 4.21. The fourth-order valence-electron chi connectivity index (χ4n) is 0.915. The van der Waals surface area contributed by atoms with Crippen molar-refractivity contribution in [3.8, 4) is 0 Å². The van der Waals surface area contributed by atoms with Crippen molar-refractivity contribution < 1.29 is 4.92 Å². The summed E-state index contributed by atoms with van der Waals surface area (Å²) in [7, 11) is 0. The van der Waals surface area contributed by atoms with E-state index in [2.05, 4.69) is 20.8 Å². The van der Waals surface area contributed by atoms with Gasteiger partial charge in [-0.05, 0) is 22.0 Å². The predicted octanol–water partition coefficient (Wildman–Crippen LogP) is 2.78. The van der Waals surface area contributed by atoms with Crippen LogP contribution in [0, 0.1) is 16.7 Å². The maximum Gasteiger partial charge on any atom is 0.284 e. The normalized spacial score (nSPS) is 9.23. The molecule has 1 aromatic rings. The summed E-state index contributed by atoms with van der Waals surface area (Å²) in [6.07, 6.45) is 0. The molecular formula is C8H5BrN2O2. The highest BCUT2D eigenvalue weighted by atomic mass is 79.9. The molecule has 0 spiro atoms. The number of rotatable bonds is 2. The van der Waals surface area contributed by atoms with Gasteiger partial charge in [-0.3, -0.25) is 10.1 Å². The molecule has 0 radical (unpaired) electrons. The van der Waals surface area contributed by atoms with Gasteiger partial charge in [0, 0.05) is 6.07 Å². The highest BCUT2D eigenvalue weighted by Gasteiger charge is 2.15. The molecule has 0 heterocycles. The first-order chi connectivity index (χ1) is 6.16. The fraction of sp³-hybridized carbons (Fsp3) is 0.125. The predicted molar refractivity (Wildman–Crippen MR) is 51.1 cm³/mol. The molecule has 0 saturated carbocycles. The van der Waals surface area contributed by atoms with Gasteiger partial charge >= 0.3 is 0 Å². The molecule has 1 aromatic carbocycles. The largest absolute Gasteiger partial charge is 0.312 e. The van der Waals surface area contributed by atoms with Crippen molar-refractivity contribution in [3.05, 3.63) is 49.8 Å². The number of hydrogen-bond donors (Lipinski definition) is 0. The molecule has 0 fully saturated rings. The van der Waals surface area contributed by atoms with Gasteiger partial charge < -0.3 is 4.85 Å². The standard InChI is InChI=1S/C8H5BrN2O2/c1-10-5-6-3-2-4-7(8(6)9)11(12)13/h2-4H,5H2. The lowest BCUT2D eigenvalue weighted by molar-refractivity contribution is -0.385. The molecule has 0 aliphatic rings. The highest BCUT2D eigenvalue weighted by Crippen LogP contribution is 2.28. The molecule has 66 valence electrons. The molecule has 4 nitrogen and oxygen atoms in total. The lowest BCUT2D eigenvalue weighted by Crippen LogP contribution is -1.92. The second kappa shape index (κ2) is 4.01. The first-order valence-electron chi connectivity index (χ1n) is 3.42. The summed E-state index contributed by atoms with van der Waals surface area (Å²) in [6.45, 7) is 6.80. The molecule has 13 heavy (non-hydrogen) atoms. The van der Waals surface area contributed by atoms with Crippen LogP contribution in [0.1, 0.15) is 5.56 Å². The Hall–Kier alpha value is -1.41. The van der Waals surface area contributed by atoms with Gasteiger partial charge in [0.15, 0.2) is 0 Å². The highest BCUT2D eigenvalue weighted by molar-refractivity contribution is 9.10. The zero-order chi connectivity index (χ0) is 9.84. The van der Waals surface area contributed by atoms with Crippen molar-refractivity contribution in [2.24, 2.45) is 0 Å². The van der Waals surface area contributed by atoms with E-state index in [0.29, 0.717) is 10.0 Å². The number of nitro benzene ring substituents is 1. The van der Waals surface area contributed by atoms with E-state index in [4.69, 9.17) is 6.57 Å². The average molecular weight is 241 g/mol. The van der Waals surface area contributed by atoms with E-state index in [1.165, 1.54) is 6.07 Å². The van der Waals surface area contributed by atoms with Crippen molar-refractivity contribution in [1.29, 1.82) is 0 Å². The maximum absolute atomic E-state index is 10.5. The van der Waals surface area contributed by atoms with Crippen LogP contribution in [-0.2, 0) is 6.54 Å². The molecule has 0 N–H and O–H groups in total. The third-order valence-corrected chi connectivity index (χ3v) is 2.42. The summed E-state index contributed by atoms with van der Waals surface area (Å²) in [5.74, 6) is 0. The summed E-state index contributed by atoms with van der Waals surface area (Å²) in [4.78, 5) is 13.2. The molecule has 0 aliphatic carbocycles. The Kier molecular flexibility index (Phi) is 2.98. The number of nitrogens with zero attached hydrogens (tertiary/aromatic N) is 2. The van der Waals surface area contributed by atoms with E-state index in [1.54, 1.807) is 12.1 Å². The minimum Gasteiger partial charge on any atom is -0.312 e. The van der Waals surface area contributed by atoms with E-state index in [-0.39, 0.29) is 12.2 Å². The quantitative estimate of drug-likeness (QED) is 0.454. The Labute approximate surface area is 83.3 Å². The van der Waals surface area contributed by atoms with Crippen LogP contribution >= 0.6 is 15.9 Å². The summed E-state index contributed by atoms with van der Waals surface area (Å²) in [6, 6.07) is 4.66. The Morgan fingerprint density at radius 1 is 1.62 bits per heavy atom. The molecule has 0 aromatic heterocycles. The molecule has 0 unspecified atom stereocenters. The van der Waals surface area contributed by atoms with Gasteiger partial charge in [0.25, 0.3) is 5.69 Å². The molecule has 0 amide bonds. The van der Waals surface area contributed by atoms with Crippen LogP contribution in [0.4, 0.5) is 5.69 Å². The number of benzene rings is 1.